The van der Waals surface area contributed by atoms with Gasteiger partial charge in [-0.2, -0.15) is 5.10 Å². The summed E-state index contributed by atoms with van der Waals surface area (Å²) in [5.41, 5.74) is 1.16. The zero-order valence-electron chi connectivity index (χ0n) is 11.3. The van der Waals surface area contributed by atoms with E-state index in [9.17, 15) is 0 Å². The van der Waals surface area contributed by atoms with Crippen molar-refractivity contribution in [3.63, 3.8) is 0 Å². The maximum atomic E-state index is 4.58. The highest BCUT2D eigenvalue weighted by Crippen LogP contribution is 2.08. The molecular weight excluding hydrogens is 210 g/mol. The monoisotopic (exact) mass is 235 g/mol. The van der Waals surface area contributed by atoms with E-state index < -0.39 is 0 Å². The van der Waals surface area contributed by atoms with Crippen LogP contribution < -0.4 is 5.32 Å². The van der Waals surface area contributed by atoms with Gasteiger partial charge in [0.1, 0.15) is 0 Å². The van der Waals surface area contributed by atoms with Crippen LogP contribution in [0.15, 0.2) is 24.9 Å². The van der Waals surface area contributed by atoms with Gasteiger partial charge >= 0.3 is 0 Å². The minimum Gasteiger partial charge on any atom is -0.313 e. The van der Waals surface area contributed by atoms with E-state index >= 15 is 0 Å². The normalized spacial score (nSPS) is 12.9. The van der Waals surface area contributed by atoms with Gasteiger partial charge in [-0.1, -0.05) is 13.0 Å². The number of nitrogens with one attached hydrogen (secondary N) is 1. The fourth-order valence-electron chi connectivity index (χ4n) is 1.81. The van der Waals surface area contributed by atoms with Crippen LogP contribution in [0.2, 0.25) is 0 Å². The SMILES string of the molecule is C=CCC(Cc1ccn(C(C)C)n1)NCCC. The van der Waals surface area contributed by atoms with Crippen LogP contribution >= 0.6 is 0 Å². The molecule has 0 radical (unpaired) electrons. The lowest BCUT2D eigenvalue weighted by atomic mass is 10.1. The summed E-state index contributed by atoms with van der Waals surface area (Å²) in [5.74, 6) is 0. The summed E-state index contributed by atoms with van der Waals surface area (Å²) in [6, 6.07) is 3.01. The first-order valence-corrected chi connectivity index (χ1v) is 6.55. The highest BCUT2D eigenvalue weighted by Gasteiger charge is 2.09. The average molecular weight is 235 g/mol. The standard InChI is InChI=1S/C14H25N3/c1-5-7-13(15-9-6-2)11-14-8-10-17(16-14)12(3)4/h5,8,10,12-13,15H,1,6-7,9,11H2,2-4H3. The molecule has 1 rings (SSSR count). The Hall–Kier alpha value is -1.09. The van der Waals surface area contributed by atoms with E-state index in [1.165, 1.54) is 0 Å². The quantitative estimate of drug-likeness (QED) is 0.702. The molecule has 0 saturated heterocycles. The molecule has 1 N–H and O–H groups in total. The Kier molecular flexibility index (Phi) is 5.98. The van der Waals surface area contributed by atoms with Gasteiger partial charge in [0.2, 0.25) is 0 Å². The summed E-state index contributed by atoms with van der Waals surface area (Å²) in [5, 5.41) is 8.12. The molecule has 1 aromatic heterocycles. The number of nitrogens with zero attached hydrogens (tertiary/aromatic N) is 2. The summed E-state index contributed by atoms with van der Waals surface area (Å²) in [4.78, 5) is 0. The maximum absolute atomic E-state index is 4.58. The summed E-state index contributed by atoms with van der Waals surface area (Å²) in [6.45, 7) is 11.4. The van der Waals surface area contributed by atoms with Crippen molar-refractivity contribution in [1.82, 2.24) is 15.1 Å². The van der Waals surface area contributed by atoms with Crippen molar-refractivity contribution in [2.24, 2.45) is 0 Å². The van der Waals surface area contributed by atoms with Gasteiger partial charge < -0.3 is 5.32 Å². The average Bonchev–Trinajstić information content (AvgIpc) is 2.75. The van der Waals surface area contributed by atoms with Crippen molar-refractivity contribution in [3.8, 4) is 0 Å². The minimum absolute atomic E-state index is 0.435. The van der Waals surface area contributed by atoms with Gasteiger partial charge in [0, 0.05) is 24.7 Å². The lowest BCUT2D eigenvalue weighted by Gasteiger charge is -2.15. The third-order valence-corrected chi connectivity index (χ3v) is 2.78. The highest BCUT2D eigenvalue weighted by atomic mass is 15.3. The summed E-state index contributed by atoms with van der Waals surface area (Å²) >= 11 is 0. The molecule has 1 unspecified atom stereocenters. The van der Waals surface area contributed by atoms with Gasteiger partial charge in [0.25, 0.3) is 0 Å². The molecule has 1 atom stereocenters. The third-order valence-electron chi connectivity index (χ3n) is 2.78. The molecular formula is C14H25N3. The maximum Gasteiger partial charge on any atom is 0.0640 e. The first-order valence-electron chi connectivity index (χ1n) is 6.55. The molecule has 1 heterocycles. The largest absolute Gasteiger partial charge is 0.313 e. The Morgan fingerprint density at radius 1 is 1.53 bits per heavy atom. The Labute approximate surface area is 105 Å². The molecule has 0 bridgehead atoms. The van der Waals surface area contributed by atoms with Crippen molar-refractivity contribution < 1.29 is 0 Å². The van der Waals surface area contributed by atoms with E-state index in [1.54, 1.807) is 0 Å². The molecule has 3 heteroatoms. The molecule has 0 aromatic carbocycles. The summed E-state index contributed by atoms with van der Waals surface area (Å²) < 4.78 is 2.01. The van der Waals surface area contributed by atoms with Crippen molar-refractivity contribution in [3.05, 3.63) is 30.6 Å². The molecule has 0 aliphatic rings. The van der Waals surface area contributed by atoms with Crippen LogP contribution in [0.4, 0.5) is 0 Å². The number of aromatic nitrogens is 2. The van der Waals surface area contributed by atoms with Gasteiger partial charge in [-0.25, -0.2) is 0 Å². The first kappa shape index (κ1) is 14.0. The van der Waals surface area contributed by atoms with Crippen molar-refractivity contribution >= 4 is 0 Å². The van der Waals surface area contributed by atoms with Gasteiger partial charge in [0.15, 0.2) is 0 Å². The first-order chi connectivity index (χ1) is 8.17. The number of rotatable bonds is 8. The fourth-order valence-corrected chi connectivity index (χ4v) is 1.81. The molecule has 0 aliphatic carbocycles. The Bertz CT molecular complexity index is 328. The third kappa shape index (κ3) is 4.73. The second-order valence-corrected chi connectivity index (χ2v) is 4.76. The lowest BCUT2D eigenvalue weighted by Crippen LogP contribution is -2.31. The molecule has 17 heavy (non-hydrogen) atoms. The van der Waals surface area contributed by atoms with Crippen LogP contribution in [0.1, 0.15) is 45.3 Å². The van der Waals surface area contributed by atoms with E-state index in [0.29, 0.717) is 12.1 Å². The Balaban J connectivity index is 2.54. The van der Waals surface area contributed by atoms with Crippen LogP contribution in [0.25, 0.3) is 0 Å². The zero-order valence-corrected chi connectivity index (χ0v) is 11.3. The van der Waals surface area contributed by atoms with E-state index in [4.69, 9.17) is 0 Å². The van der Waals surface area contributed by atoms with Crippen LogP contribution in [0.5, 0.6) is 0 Å². The Morgan fingerprint density at radius 2 is 2.29 bits per heavy atom. The smallest absolute Gasteiger partial charge is 0.0640 e. The molecule has 0 saturated carbocycles. The van der Waals surface area contributed by atoms with E-state index in [1.807, 2.05) is 10.8 Å². The fraction of sp³-hybridized carbons (Fsp3) is 0.643. The predicted molar refractivity (Wildman–Crippen MR) is 73.2 cm³/mol. The Morgan fingerprint density at radius 3 is 2.82 bits per heavy atom. The van der Waals surface area contributed by atoms with E-state index in [-0.39, 0.29) is 0 Å². The van der Waals surface area contributed by atoms with Crippen molar-refractivity contribution in [1.29, 1.82) is 0 Å². The molecule has 3 nitrogen and oxygen atoms in total. The minimum atomic E-state index is 0.435. The second kappa shape index (κ2) is 7.28. The lowest BCUT2D eigenvalue weighted by molar-refractivity contribution is 0.490. The molecule has 0 spiro atoms. The van der Waals surface area contributed by atoms with E-state index in [0.717, 1.165) is 31.5 Å². The number of hydrogen-bond donors (Lipinski definition) is 1. The molecule has 0 fully saturated rings. The zero-order chi connectivity index (χ0) is 12.7. The van der Waals surface area contributed by atoms with Crippen LogP contribution in [-0.4, -0.2) is 22.4 Å². The van der Waals surface area contributed by atoms with Crippen molar-refractivity contribution in [2.75, 3.05) is 6.54 Å². The molecule has 96 valence electrons. The van der Waals surface area contributed by atoms with Gasteiger partial charge in [-0.3, -0.25) is 4.68 Å². The van der Waals surface area contributed by atoms with Crippen molar-refractivity contribution in [2.45, 2.75) is 52.1 Å². The summed E-state index contributed by atoms with van der Waals surface area (Å²) in [7, 11) is 0. The van der Waals surface area contributed by atoms with Crippen LogP contribution in [0, 0.1) is 0 Å². The number of hydrogen-bond acceptors (Lipinski definition) is 2. The molecule has 0 aliphatic heterocycles. The van der Waals surface area contributed by atoms with Crippen LogP contribution in [0.3, 0.4) is 0 Å². The van der Waals surface area contributed by atoms with E-state index in [2.05, 4.69) is 50.0 Å². The topological polar surface area (TPSA) is 29.9 Å². The second-order valence-electron chi connectivity index (χ2n) is 4.76. The predicted octanol–water partition coefficient (Wildman–Crippen LogP) is 2.95. The summed E-state index contributed by atoms with van der Waals surface area (Å²) in [6.07, 6.45) is 7.17. The molecule has 1 aromatic rings. The van der Waals surface area contributed by atoms with Gasteiger partial charge in [-0.15, -0.1) is 6.58 Å². The van der Waals surface area contributed by atoms with Gasteiger partial charge in [-0.05, 0) is 39.3 Å². The van der Waals surface area contributed by atoms with Gasteiger partial charge in [0.05, 0.1) is 5.69 Å². The highest BCUT2D eigenvalue weighted by molar-refractivity contribution is 5.03. The molecule has 0 amide bonds. The van der Waals surface area contributed by atoms with Crippen LogP contribution in [-0.2, 0) is 6.42 Å².